The lowest BCUT2D eigenvalue weighted by atomic mass is 10.1. The second-order valence-electron chi connectivity index (χ2n) is 3.01. The minimum Gasteiger partial charge on any atom is -0.480 e. The highest BCUT2D eigenvalue weighted by Crippen LogP contribution is 2.04. The van der Waals surface area contributed by atoms with Gasteiger partial charge in [-0.05, 0) is 0 Å². The van der Waals surface area contributed by atoms with Crippen LogP contribution >= 0.6 is 0 Å². The summed E-state index contributed by atoms with van der Waals surface area (Å²) in [7, 11) is 0. The number of amides is 1. The van der Waals surface area contributed by atoms with Crippen molar-refractivity contribution in [3.8, 4) is 0 Å². The summed E-state index contributed by atoms with van der Waals surface area (Å²) in [6, 6.07) is -1.10. The molecule has 0 bridgehead atoms. The SMILES string of the molecule is NC(=O)CC(C(=O)O)N(CCO)CCO. The molecule has 15 heavy (non-hydrogen) atoms. The second-order valence-corrected chi connectivity index (χ2v) is 3.01. The lowest BCUT2D eigenvalue weighted by Crippen LogP contribution is -2.46. The number of nitrogens with two attached hydrogens (primary N) is 1. The molecule has 7 heteroatoms. The number of carboxylic acid groups (broad SMARTS) is 1. The van der Waals surface area contributed by atoms with Crippen LogP contribution in [0.25, 0.3) is 0 Å². The molecule has 0 aliphatic heterocycles. The zero-order valence-corrected chi connectivity index (χ0v) is 8.30. The number of rotatable bonds is 8. The zero-order valence-electron chi connectivity index (χ0n) is 8.30. The van der Waals surface area contributed by atoms with Crippen molar-refractivity contribution in [1.82, 2.24) is 4.90 Å². The van der Waals surface area contributed by atoms with Crippen LogP contribution in [-0.4, -0.2) is 64.4 Å². The third-order valence-corrected chi connectivity index (χ3v) is 1.89. The summed E-state index contributed by atoms with van der Waals surface area (Å²) in [5.74, 6) is -1.93. The molecule has 0 spiro atoms. The van der Waals surface area contributed by atoms with Crippen LogP contribution in [0.3, 0.4) is 0 Å². The number of primary amides is 1. The van der Waals surface area contributed by atoms with E-state index in [9.17, 15) is 9.59 Å². The largest absolute Gasteiger partial charge is 0.480 e. The summed E-state index contributed by atoms with van der Waals surface area (Å²) in [6.07, 6.45) is -0.338. The molecule has 5 N–H and O–H groups in total. The van der Waals surface area contributed by atoms with Gasteiger partial charge in [-0.25, -0.2) is 0 Å². The summed E-state index contributed by atoms with van der Waals surface area (Å²) in [5, 5.41) is 26.2. The highest BCUT2D eigenvalue weighted by molar-refractivity contribution is 5.83. The molecule has 88 valence electrons. The highest BCUT2D eigenvalue weighted by atomic mass is 16.4. The molecular weight excluding hydrogens is 204 g/mol. The van der Waals surface area contributed by atoms with E-state index in [1.165, 1.54) is 4.90 Å². The minimum atomic E-state index is -1.20. The van der Waals surface area contributed by atoms with Gasteiger partial charge >= 0.3 is 5.97 Å². The van der Waals surface area contributed by atoms with Gasteiger partial charge in [-0.3, -0.25) is 14.5 Å². The normalized spacial score (nSPS) is 12.7. The van der Waals surface area contributed by atoms with Gasteiger partial charge < -0.3 is 21.1 Å². The van der Waals surface area contributed by atoms with Gasteiger partial charge in [0, 0.05) is 13.1 Å². The standard InChI is InChI=1S/C8H16N2O5/c9-7(13)5-6(8(14)15)10(1-3-11)2-4-12/h6,11-12H,1-5H2,(H2,9,13)(H,14,15). The summed E-state index contributed by atoms with van der Waals surface area (Å²) in [5.41, 5.74) is 4.91. The molecular formula is C8H16N2O5. The smallest absolute Gasteiger partial charge is 0.321 e. The topological polar surface area (TPSA) is 124 Å². The average Bonchev–Trinajstić information content (AvgIpc) is 2.13. The van der Waals surface area contributed by atoms with E-state index in [-0.39, 0.29) is 32.7 Å². The van der Waals surface area contributed by atoms with Gasteiger partial charge in [0.15, 0.2) is 0 Å². The van der Waals surface area contributed by atoms with Gasteiger partial charge in [-0.15, -0.1) is 0 Å². The number of carbonyl (C=O) groups is 2. The fourth-order valence-corrected chi connectivity index (χ4v) is 1.24. The predicted molar refractivity (Wildman–Crippen MR) is 51.0 cm³/mol. The first-order chi connectivity index (χ1) is 7.02. The van der Waals surface area contributed by atoms with Crippen molar-refractivity contribution < 1.29 is 24.9 Å². The van der Waals surface area contributed by atoms with E-state index in [0.29, 0.717) is 0 Å². The Morgan fingerprint density at radius 2 is 1.67 bits per heavy atom. The number of carboxylic acids is 1. The Morgan fingerprint density at radius 3 is 1.93 bits per heavy atom. The molecule has 0 radical (unpaired) electrons. The Bertz CT molecular complexity index is 215. The van der Waals surface area contributed by atoms with E-state index in [2.05, 4.69) is 0 Å². The molecule has 0 fully saturated rings. The zero-order chi connectivity index (χ0) is 11.8. The van der Waals surface area contributed by atoms with E-state index >= 15 is 0 Å². The van der Waals surface area contributed by atoms with Gasteiger partial charge in [0.1, 0.15) is 6.04 Å². The molecule has 0 aromatic carbocycles. The van der Waals surface area contributed by atoms with Crippen molar-refractivity contribution in [1.29, 1.82) is 0 Å². The highest BCUT2D eigenvalue weighted by Gasteiger charge is 2.26. The number of carbonyl (C=O) groups excluding carboxylic acids is 1. The summed E-state index contributed by atoms with van der Waals surface area (Å²) in [6.45, 7) is -0.347. The van der Waals surface area contributed by atoms with Gasteiger partial charge in [0.25, 0.3) is 0 Å². The van der Waals surface area contributed by atoms with E-state index < -0.39 is 17.9 Å². The number of hydrogen-bond donors (Lipinski definition) is 4. The first-order valence-corrected chi connectivity index (χ1v) is 4.49. The number of hydrogen-bond acceptors (Lipinski definition) is 5. The van der Waals surface area contributed by atoms with Crippen LogP contribution in [0.2, 0.25) is 0 Å². The Hall–Kier alpha value is -1.18. The van der Waals surface area contributed by atoms with Crippen LogP contribution in [0.5, 0.6) is 0 Å². The van der Waals surface area contributed by atoms with Crippen LogP contribution in [0, 0.1) is 0 Å². The van der Waals surface area contributed by atoms with Crippen LogP contribution in [0.1, 0.15) is 6.42 Å². The predicted octanol–water partition coefficient (Wildman–Crippen LogP) is -2.40. The van der Waals surface area contributed by atoms with Crippen molar-refractivity contribution in [2.45, 2.75) is 12.5 Å². The molecule has 0 rings (SSSR count). The van der Waals surface area contributed by atoms with Crippen molar-refractivity contribution in [3.05, 3.63) is 0 Å². The van der Waals surface area contributed by atoms with Gasteiger partial charge in [-0.2, -0.15) is 0 Å². The molecule has 0 aliphatic rings. The Kier molecular flexibility index (Phi) is 6.59. The summed E-state index contributed by atoms with van der Waals surface area (Å²) < 4.78 is 0. The number of nitrogens with zero attached hydrogens (tertiary/aromatic N) is 1. The monoisotopic (exact) mass is 220 g/mol. The van der Waals surface area contributed by atoms with Crippen molar-refractivity contribution in [2.24, 2.45) is 5.73 Å². The molecule has 1 unspecified atom stereocenters. The van der Waals surface area contributed by atoms with E-state index in [4.69, 9.17) is 21.1 Å². The maximum atomic E-state index is 10.8. The molecule has 0 aliphatic carbocycles. The first-order valence-electron chi connectivity index (χ1n) is 4.49. The average molecular weight is 220 g/mol. The third kappa shape index (κ3) is 5.31. The van der Waals surface area contributed by atoms with Crippen LogP contribution in [0.4, 0.5) is 0 Å². The molecule has 0 saturated carbocycles. The lowest BCUT2D eigenvalue weighted by Gasteiger charge is -2.26. The lowest BCUT2D eigenvalue weighted by molar-refractivity contribution is -0.145. The van der Waals surface area contributed by atoms with Crippen molar-refractivity contribution >= 4 is 11.9 Å². The molecule has 0 heterocycles. The number of aliphatic carboxylic acids is 1. The first kappa shape index (κ1) is 13.8. The molecule has 7 nitrogen and oxygen atoms in total. The molecule has 1 atom stereocenters. The maximum Gasteiger partial charge on any atom is 0.321 e. The van der Waals surface area contributed by atoms with Crippen LogP contribution < -0.4 is 5.73 Å². The van der Waals surface area contributed by atoms with Crippen LogP contribution in [-0.2, 0) is 9.59 Å². The Labute approximate surface area is 87.1 Å². The quantitative estimate of drug-likeness (QED) is 0.361. The Morgan fingerprint density at radius 1 is 1.20 bits per heavy atom. The van der Waals surface area contributed by atoms with Gasteiger partial charge in [0.05, 0.1) is 19.6 Å². The maximum absolute atomic E-state index is 10.8. The van der Waals surface area contributed by atoms with Crippen LogP contribution in [0.15, 0.2) is 0 Å². The fourth-order valence-electron chi connectivity index (χ4n) is 1.24. The Balaban J connectivity index is 4.50. The fraction of sp³-hybridized carbons (Fsp3) is 0.750. The molecule has 0 aromatic rings. The van der Waals surface area contributed by atoms with Gasteiger partial charge in [-0.1, -0.05) is 0 Å². The van der Waals surface area contributed by atoms with E-state index in [1.54, 1.807) is 0 Å². The molecule has 0 saturated heterocycles. The summed E-state index contributed by atoms with van der Waals surface area (Å²) >= 11 is 0. The number of aliphatic hydroxyl groups excluding tert-OH is 2. The summed E-state index contributed by atoms with van der Waals surface area (Å²) in [4.78, 5) is 22.7. The molecule has 1 amide bonds. The van der Waals surface area contributed by atoms with E-state index in [1.807, 2.05) is 0 Å². The third-order valence-electron chi connectivity index (χ3n) is 1.89. The van der Waals surface area contributed by atoms with Crippen molar-refractivity contribution in [2.75, 3.05) is 26.3 Å². The molecule has 0 aromatic heterocycles. The van der Waals surface area contributed by atoms with Gasteiger partial charge in [0.2, 0.25) is 5.91 Å². The van der Waals surface area contributed by atoms with E-state index in [0.717, 1.165) is 0 Å². The minimum absolute atomic E-state index is 0.0742. The number of aliphatic hydroxyl groups is 2. The second kappa shape index (κ2) is 7.16. The van der Waals surface area contributed by atoms with Crippen molar-refractivity contribution in [3.63, 3.8) is 0 Å².